The van der Waals surface area contributed by atoms with Gasteiger partial charge < -0.3 is 10.1 Å². The lowest BCUT2D eigenvalue weighted by Gasteiger charge is -2.12. The average molecular weight is 211 g/mol. The Balaban J connectivity index is 2.69. The van der Waals surface area contributed by atoms with E-state index < -0.39 is 0 Å². The van der Waals surface area contributed by atoms with E-state index in [0.717, 1.165) is 24.2 Å². The molecule has 84 valence electrons. The molecule has 0 aromatic heterocycles. The van der Waals surface area contributed by atoms with Crippen molar-refractivity contribution >= 4 is 0 Å². The first-order valence-corrected chi connectivity index (χ1v) is 5.17. The van der Waals surface area contributed by atoms with Gasteiger partial charge in [0.25, 0.3) is 0 Å². The standard InChI is InChI=1S/C12H18FNO/c1-9(14-2)4-5-10-8-11(13)6-7-12(10)15-3/h6-9,14H,4-5H2,1-3H3. The van der Waals surface area contributed by atoms with Gasteiger partial charge in [-0.2, -0.15) is 0 Å². The minimum absolute atomic E-state index is 0.206. The summed E-state index contributed by atoms with van der Waals surface area (Å²) in [6, 6.07) is 5.07. The highest BCUT2D eigenvalue weighted by Gasteiger charge is 2.06. The van der Waals surface area contributed by atoms with Crippen LogP contribution >= 0.6 is 0 Å². The lowest BCUT2D eigenvalue weighted by molar-refractivity contribution is 0.406. The number of hydrogen-bond acceptors (Lipinski definition) is 2. The molecule has 2 nitrogen and oxygen atoms in total. The molecule has 1 unspecified atom stereocenters. The number of rotatable bonds is 5. The largest absolute Gasteiger partial charge is 0.496 e. The summed E-state index contributed by atoms with van der Waals surface area (Å²) in [7, 11) is 3.53. The van der Waals surface area contributed by atoms with Crippen molar-refractivity contribution in [2.45, 2.75) is 25.8 Å². The van der Waals surface area contributed by atoms with Crippen molar-refractivity contribution in [1.82, 2.24) is 5.32 Å². The Bertz CT molecular complexity index is 314. The van der Waals surface area contributed by atoms with Gasteiger partial charge in [-0.05, 0) is 50.6 Å². The molecule has 1 aromatic rings. The number of nitrogens with one attached hydrogen (secondary N) is 1. The highest BCUT2D eigenvalue weighted by atomic mass is 19.1. The lowest BCUT2D eigenvalue weighted by Crippen LogP contribution is -2.21. The van der Waals surface area contributed by atoms with Crippen molar-refractivity contribution in [1.29, 1.82) is 0 Å². The van der Waals surface area contributed by atoms with E-state index in [9.17, 15) is 4.39 Å². The zero-order valence-corrected chi connectivity index (χ0v) is 9.51. The number of halogens is 1. The molecule has 0 bridgehead atoms. The molecule has 1 atom stereocenters. The van der Waals surface area contributed by atoms with E-state index in [0.29, 0.717) is 6.04 Å². The molecule has 0 radical (unpaired) electrons. The Morgan fingerprint density at radius 2 is 2.20 bits per heavy atom. The summed E-state index contributed by atoms with van der Waals surface area (Å²) in [4.78, 5) is 0. The van der Waals surface area contributed by atoms with Crippen molar-refractivity contribution in [3.05, 3.63) is 29.6 Å². The summed E-state index contributed by atoms with van der Waals surface area (Å²) < 4.78 is 18.2. The van der Waals surface area contributed by atoms with Crippen molar-refractivity contribution in [2.75, 3.05) is 14.2 Å². The van der Waals surface area contributed by atoms with Gasteiger partial charge in [0.1, 0.15) is 11.6 Å². The summed E-state index contributed by atoms with van der Waals surface area (Å²) >= 11 is 0. The Kier molecular flexibility index (Phi) is 4.56. The molecule has 0 aliphatic heterocycles. The highest BCUT2D eigenvalue weighted by molar-refractivity contribution is 5.34. The Morgan fingerprint density at radius 1 is 1.47 bits per heavy atom. The zero-order chi connectivity index (χ0) is 11.3. The van der Waals surface area contributed by atoms with Crippen LogP contribution in [0.15, 0.2) is 18.2 Å². The van der Waals surface area contributed by atoms with E-state index >= 15 is 0 Å². The first-order chi connectivity index (χ1) is 7.17. The lowest BCUT2D eigenvalue weighted by atomic mass is 10.1. The first kappa shape index (κ1) is 12.0. The molecular weight excluding hydrogens is 193 g/mol. The monoisotopic (exact) mass is 211 g/mol. The van der Waals surface area contributed by atoms with Crippen molar-refractivity contribution < 1.29 is 9.13 Å². The van der Waals surface area contributed by atoms with Gasteiger partial charge in [-0.25, -0.2) is 4.39 Å². The van der Waals surface area contributed by atoms with Crippen LogP contribution in [0.4, 0.5) is 4.39 Å². The minimum Gasteiger partial charge on any atom is -0.496 e. The third kappa shape index (κ3) is 3.51. The van der Waals surface area contributed by atoms with E-state index in [2.05, 4.69) is 12.2 Å². The average Bonchev–Trinajstić information content (AvgIpc) is 2.26. The van der Waals surface area contributed by atoms with Gasteiger partial charge in [0.05, 0.1) is 7.11 Å². The molecule has 1 N–H and O–H groups in total. The van der Waals surface area contributed by atoms with Crippen LogP contribution in [0.5, 0.6) is 5.75 Å². The fraction of sp³-hybridized carbons (Fsp3) is 0.500. The molecule has 1 aromatic carbocycles. The Labute approximate surface area is 90.4 Å². The molecule has 0 amide bonds. The SMILES string of the molecule is CNC(C)CCc1cc(F)ccc1OC. The second-order valence-corrected chi connectivity index (χ2v) is 3.68. The van der Waals surface area contributed by atoms with E-state index in [1.54, 1.807) is 19.2 Å². The molecule has 0 aliphatic rings. The van der Waals surface area contributed by atoms with Gasteiger partial charge in [-0.1, -0.05) is 0 Å². The summed E-state index contributed by atoms with van der Waals surface area (Å²) in [5, 5.41) is 3.15. The zero-order valence-electron chi connectivity index (χ0n) is 9.51. The van der Waals surface area contributed by atoms with Crippen LogP contribution in [0.3, 0.4) is 0 Å². The van der Waals surface area contributed by atoms with E-state index in [4.69, 9.17) is 4.74 Å². The molecule has 0 fully saturated rings. The maximum Gasteiger partial charge on any atom is 0.123 e. The second-order valence-electron chi connectivity index (χ2n) is 3.68. The highest BCUT2D eigenvalue weighted by Crippen LogP contribution is 2.21. The number of aryl methyl sites for hydroxylation is 1. The van der Waals surface area contributed by atoms with Crippen LogP contribution in [0.2, 0.25) is 0 Å². The number of methoxy groups -OCH3 is 1. The van der Waals surface area contributed by atoms with Gasteiger partial charge >= 0.3 is 0 Å². The van der Waals surface area contributed by atoms with Gasteiger partial charge in [0.15, 0.2) is 0 Å². The molecule has 1 rings (SSSR count). The fourth-order valence-corrected chi connectivity index (χ4v) is 1.46. The number of ether oxygens (including phenoxy) is 1. The third-order valence-electron chi connectivity index (χ3n) is 2.58. The Hall–Kier alpha value is -1.09. The van der Waals surface area contributed by atoms with E-state index in [-0.39, 0.29) is 5.82 Å². The molecule has 0 spiro atoms. The molecule has 0 aliphatic carbocycles. The summed E-state index contributed by atoms with van der Waals surface area (Å²) in [6.45, 7) is 2.10. The molecular formula is C12H18FNO. The predicted octanol–water partition coefficient (Wildman–Crippen LogP) is 2.37. The van der Waals surface area contributed by atoms with Crippen LogP contribution in [0, 0.1) is 5.82 Å². The molecule has 0 saturated heterocycles. The predicted molar refractivity (Wildman–Crippen MR) is 59.8 cm³/mol. The number of benzene rings is 1. The third-order valence-corrected chi connectivity index (χ3v) is 2.58. The maximum atomic E-state index is 13.0. The van der Waals surface area contributed by atoms with Crippen LogP contribution in [0.25, 0.3) is 0 Å². The quantitative estimate of drug-likeness (QED) is 0.807. The smallest absolute Gasteiger partial charge is 0.123 e. The summed E-state index contributed by atoms with van der Waals surface area (Å²) in [5.41, 5.74) is 0.930. The van der Waals surface area contributed by atoms with Gasteiger partial charge in [0, 0.05) is 6.04 Å². The maximum absolute atomic E-state index is 13.0. The molecule has 15 heavy (non-hydrogen) atoms. The molecule has 3 heteroatoms. The van der Waals surface area contributed by atoms with Crippen LogP contribution in [-0.4, -0.2) is 20.2 Å². The van der Waals surface area contributed by atoms with Crippen LogP contribution in [-0.2, 0) is 6.42 Å². The van der Waals surface area contributed by atoms with Gasteiger partial charge in [-0.15, -0.1) is 0 Å². The summed E-state index contributed by atoms with van der Waals surface area (Å²) in [6.07, 6.45) is 1.79. The second kappa shape index (κ2) is 5.71. The Morgan fingerprint density at radius 3 is 2.80 bits per heavy atom. The topological polar surface area (TPSA) is 21.3 Å². The minimum atomic E-state index is -0.206. The van der Waals surface area contributed by atoms with E-state index in [1.165, 1.54) is 6.07 Å². The van der Waals surface area contributed by atoms with Crippen LogP contribution in [0.1, 0.15) is 18.9 Å². The van der Waals surface area contributed by atoms with Gasteiger partial charge in [0.2, 0.25) is 0 Å². The van der Waals surface area contributed by atoms with Crippen molar-refractivity contribution in [3.63, 3.8) is 0 Å². The molecule has 0 saturated carbocycles. The fourth-order valence-electron chi connectivity index (χ4n) is 1.46. The summed E-state index contributed by atoms with van der Waals surface area (Å²) in [5.74, 6) is 0.558. The van der Waals surface area contributed by atoms with Crippen LogP contribution < -0.4 is 10.1 Å². The van der Waals surface area contributed by atoms with Crippen molar-refractivity contribution in [2.24, 2.45) is 0 Å². The normalized spacial score (nSPS) is 12.5. The van der Waals surface area contributed by atoms with Gasteiger partial charge in [-0.3, -0.25) is 0 Å². The molecule has 0 heterocycles. The van der Waals surface area contributed by atoms with E-state index in [1.807, 2.05) is 7.05 Å². The van der Waals surface area contributed by atoms with Crippen molar-refractivity contribution in [3.8, 4) is 5.75 Å². The number of hydrogen-bond donors (Lipinski definition) is 1. The first-order valence-electron chi connectivity index (χ1n) is 5.17.